The molecule has 0 saturated carbocycles. The fourth-order valence-corrected chi connectivity index (χ4v) is 1.14. The largest absolute Gasteiger partial charge is 0.487 e. The van der Waals surface area contributed by atoms with Gasteiger partial charge in [0.25, 0.3) is 0 Å². The molecule has 0 bridgehead atoms. The molecule has 0 atom stereocenters. The van der Waals surface area contributed by atoms with Crippen LogP contribution in [0.15, 0.2) is 11.8 Å². The van der Waals surface area contributed by atoms with Crippen molar-refractivity contribution in [2.75, 3.05) is 5.52 Å². The zero-order valence-electron chi connectivity index (χ0n) is 4.69. The summed E-state index contributed by atoms with van der Waals surface area (Å²) in [6, 6.07) is 0. The fraction of sp³-hybridized carbons (Fsp3) is 0.667. The second-order valence-electron chi connectivity index (χ2n) is 1.82. The van der Waals surface area contributed by atoms with Gasteiger partial charge in [-0.05, 0) is 34.8 Å². The summed E-state index contributed by atoms with van der Waals surface area (Å²) in [5, 5.41) is 0. The number of hydrogen-bond acceptors (Lipinski definition) is 1. The SMILES string of the molecule is BrCOC1=CCCC1. The lowest BCUT2D eigenvalue weighted by molar-refractivity contribution is 0.268. The molecule has 1 aliphatic rings. The van der Waals surface area contributed by atoms with E-state index in [-0.39, 0.29) is 0 Å². The van der Waals surface area contributed by atoms with Crippen molar-refractivity contribution in [3.63, 3.8) is 0 Å². The first-order valence-corrected chi connectivity index (χ1v) is 3.93. The number of hydrogen-bond donors (Lipinski definition) is 0. The first-order valence-electron chi connectivity index (χ1n) is 2.81. The van der Waals surface area contributed by atoms with Crippen LogP contribution < -0.4 is 0 Å². The molecule has 0 heterocycles. The van der Waals surface area contributed by atoms with E-state index in [2.05, 4.69) is 22.0 Å². The van der Waals surface area contributed by atoms with Crippen LogP contribution in [0.1, 0.15) is 19.3 Å². The minimum atomic E-state index is 0.638. The highest BCUT2D eigenvalue weighted by Crippen LogP contribution is 2.18. The molecule has 2 heteroatoms. The van der Waals surface area contributed by atoms with E-state index >= 15 is 0 Å². The van der Waals surface area contributed by atoms with Crippen molar-refractivity contribution >= 4 is 15.9 Å². The molecule has 0 amide bonds. The third-order valence-corrected chi connectivity index (χ3v) is 1.47. The quantitative estimate of drug-likeness (QED) is 0.588. The fourth-order valence-electron chi connectivity index (χ4n) is 0.843. The second kappa shape index (κ2) is 3.13. The Morgan fingerprint density at radius 2 is 2.62 bits per heavy atom. The maximum absolute atomic E-state index is 5.18. The topological polar surface area (TPSA) is 9.23 Å². The lowest BCUT2D eigenvalue weighted by Gasteiger charge is -1.98. The Hall–Kier alpha value is 0.0200. The van der Waals surface area contributed by atoms with Crippen LogP contribution in [0.3, 0.4) is 0 Å². The van der Waals surface area contributed by atoms with Crippen molar-refractivity contribution in [2.45, 2.75) is 19.3 Å². The minimum absolute atomic E-state index is 0.638. The van der Waals surface area contributed by atoms with Crippen LogP contribution in [0.5, 0.6) is 0 Å². The smallest absolute Gasteiger partial charge is 0.142 e. The first-order chi connectivity index (χ1) is 3.93. The van der Waals surface area contributed by atoms with Gasteiger partial charge in [-0.15, -0.1) is 0 Å². The van der Waals surface area contributed by atoms with Crippen molar-refractivity contribution in [3.05, 3.63) is 11.8 Å². The highest BCUT2D eigenvalue weighted by atomic mass is 79.9. The molecule has 8 heavy (non-hydrogen) atoms. The average molecular weight is 177 g/mol. The van der Waals surface area contributed by atoms with Crippen LogP contribution in [0.25, 0.3) is 0 Å². The maximum atomic E-state index is 5.18. The predicted octanol–water partition coefficient (Wildman–Crippen LogP) is 2.42. The summed E-state index contributed by atoms with van der Waals surface area (Å²) in [6.07, 6.45) is 5.75. The van der Waals surface area contributed by atoms with Gasteiger partial charge in [-0.2, -0.15) is 0 Å². The third kappa shape index (κ3) is 1.51. The molecule has 0 aromatic rings. The Morgan fingerprint density at radius 1 is 1.75 bits per heavy atom. The van der Waals surface area contributed by atoms with E-state index in [0.717, 1.165) is 12.2 Å². The Balaban J connectivity index is 2.23. The van der Waals surface area contributed by atoms with E-state index in [1.165, 1.54) is 12.8 Å². The van der Waals surface area contributed by atoms with Gasteiger partial charge in [0.1, 0.15) is 5.52 Å². The molecule has 1 aliphatic carbocycles. The standard InChI is InChI=1S/C6H9BrO/c7-5-8-6-3-1-2-4-6/h3H,1-2,4-5H2. The Bertz CT molecular complexity index is 98.7. The molecule has 0 saturated heterocycles. The molecular formula is C6H9BrO. The molecule has 0 spiro atoms. The van der Waals surface area contributed by atoms with Gasteiger partial charge in [-0.25, -0.2) is 0 Å². The number of allylic oxidation sites excluding steroid dienone is 2. The zero-order chi connectivity index (χ0) is 5.82. The summed E-state index contributed by atoms with van der Waals surface area (Å²) in [5.41, 5.74) is 0.638. The zero-order valence-corrected chi connectivity index (χ0v) is 6.28. The monoisotopic (exact) mass is 176 g/mol. The van der Waals surface area contributed by atoms with Gasteiger partial charge >= 0.3 is 0 Å². The molecule has 0 radical (unpaired) electrons. The highest BCUT2D eigenvalue weighted by molar-refractivity contribution is 9.09. The second-order valence-corrected chi connectivity index (χ2v) is 2.27. The third-order valence-electron chi connectivity index (χ3n) is 1.24. The number of rotatable bonds is 2. The van der Waals surface area contributed by atoms with E-state index in [1.54, 1.807) is 0 Å². The first kappa shape index (κ1) is 6.14. The van der Waals surface area contributed by atoms with Gasteiger partial charge < -0.3 is 4.74 Å². The molecule has 1 rings (SSSR count). The molecule has 1 nitrogen and oxygen atoms in total. The molecule has 0 aromatic carbocycles. The summed E-state index contributed by atoms with van der Waals surface area (Å²) in [6.45, 7) is 0. The summed E-state index contributed by atoms with van der Waals surface area (Å²) < 4.78 is 5.18. The molecular weight excluding hydrogens is 168 g/mol. The van der Waals surface area contributed by atoms with Gasteiger partial charge in [0.15, 0.2) is 0 Å². The van der Waals surface area contributed by atoms with Crippen LogP contribution in [-0.2, 0) is 4.74 Å². The van der Waals surface area contributed by atoms with E-state index in [4.69, 9.17) is 4.74 Å². The average Bonchev–Trinajstić information content (AvgIpc) is 2.19. The van der Waals surface area contributed by atoms with Gasteiger partial charge in [0.05, 0.1) is 5.76 Å². The van der Waals surface area contributed by atoms with Gasteiger partial charge in [-0.1, -0.05) is 0 Å². The predicted molar refractivity (Wildman–Crippen MR) is 36.8 cm³/mol. The molecule has 0 aliphatic heterocycles. The number of halogens is 1. The van der Waals surface area contributed by atoms with E-state index in [0.29, 0.717) is 5.52 Å². The number of ether oxygens (including phenoxy) is 1. The summed E-state index contributed by atoms with van der Waals surface area (Å²) in [7, 11) is 0. The van der Waals surface area contributed by atoms with Crippen molar-refractivity contribution in [3.8, 4) is 0 Å². The van der Waals surface area contributed by atoms with Gasteiger partial charge in [-0.3, -0.25) is 0 Å². The van der Waals surface area contributed by atoms with Crippen molar-refractivity contribution in [1.82, 2.24) is 0 Å². The molecule has 0 aromatic heterocycles. The van der Waals surface area contributed by atoms with Crippen LogP contribution in [0, 0.1) is 0 Å². The van der Waals surface area contributed by atoms with Crippen molar-refractivity contribution < 1.29 is 4.74 Å². The lowest BCUT2D eigenvalue weighted by Crippen LogP contribution is -1.83. The molecule has 0 fully saturated rings. The van der Waals surface area contributed by atoms with Gasteiger partial charge in [0, 0.05) is 6.42 Å². The Labute approximate surface area is 57.8 Å². The molecule has 0 unspecified atom stereocenters. The maximum Gasteiger partial charge on any atom is 0.142 e. The van der Waals surface area contributed by atoms with Gasteiger partial charge in [0.2, 0.25) is 0 Å². The number of alkyl halides is 1. The normalized spacial score (nSPS) is 18.4. The van der Waals surface area contributed by atoms with E-state index in [1.807, 2.05) is 0 Å². The summed E-state index contributed by atoms with van der Waals surface area (Å²) in [5.74, 6) is 1.15. The Morgan fingerprint density at radius 3 is 3.12 bits per heavy atom. The minimum Gasteiger partial charge on any atom is -0.487 e. The van der Waals surface area contributed by atoms with E-state index in [9.17, 15) is 0 Å². The van der Waals surface area contributed by atoms with Crippen LogP contribution >= 0.6 is 15.9 Å². The van der Waals surface area contributed by atoms with E-state index < -0.39 is 0 Å². The highest BCUT2D eigenvalue weighted by Gasteiger charge is 2.02. The molecule has 0 N–H and O–H groups in total. The summed E-state index contributed by atoms with van der Waals surface area (Å²) >= 11 is 3.20. The van der Waals surface area contributed by atoms with Crippen molar-refractivity contribution in [1.29, 1.82) is 0 Å². The van der Waals surface area contributed by atoms with Crippen LogP contribution in [0.4, 0.5) is 0 Å². The van der Waals surface area contributed by atoms with Crippen LogP contribution in [-0.4, -0.2) is 5.52 Å². The Kier molecular flexibility index (Phi) is 2.40. The summed E-state index contributed by atoms with van der Waals surface area (Å²) in [4.78, 5) is 0. The van der Waals surface area contributed by atoms with Crippen LogP contribution in [0.2, 0.25) is 0 Å². The van der Waals surface area contributed by atoms with Crippen molar-refractivity contribution in [2.24, 2.45) is 0 Å². The lowest BCUT2D eigenvalue weighted by atomic mass is 10.4. The molecule has 46 valence electrons.